The number of hydrogen-bond donors (Lipinski definition) is 1. The molecule has 0 bridgehead atoms. The highest BCUT2D eigenvalue weighted by Crippen LogP contribution is 2.28. The van der Waals surface area contributed by atoms with Gasteiger partial charge in [-0.05, 0) is 29.9 Å². The second kappa shape index (κ2) is 10.4. The van der Waals surface area contributed by atoms with Crippen LogP contribution in [-0.4, -0.2) is 31.1 Å². The molecule has 1 atom stereocenters. The fourth-order valence-corrected chi connectivity index (χ4v) is 2.91. The van der Waals surface area contributed by atoms with Crippen molar-refractivity contribution >= 4 is 24.8 Å². The molecule has 1 aromatic carbocycles. The van der Waals surface area contributed by atoms with Crippen LogP contribution in [0.15, 0.2) is 24.3 Å². The van der Waals surface area contributed by atoms with Gasteiger partial charge >= 0.3 is 0 Å². The molecule has 2 rings (SSSR count). The summed E-state index contributed by atoms with van der Waals surface area (Å²) in [5.74, 6) is 0.741. The summed E-state index contributed by atoms with van der Waals surface area (Å²) in [4.78, 5) is 2.65. The van der Waals surface area contributed by atoms with Crippen LogP contribution >= 0.6 is 24.8 Å². The quantitative estimate of drug-likeness (QED) is 0.873. The van der Waals surface area contributed by atoms with E-state index >= 15 is 0 Å². The highest BCUT2D eigenvalue weighted by molar-refractivity contribution is 5.85. The Kier molecular flexibility index (Phi) is 10.3. The van der Waals surface area contributed by atoms with E-state index in [-0.39, 0.29) is 24.8 Å². The smallest absolute Gasteiger partial charge is 0.0351 e. The second-order valence-corrected chi connectivity index (χ2v) is 6.03. The molecule has 0 aliphatic carbocycles. The van der Waals surface area contributed by atoms with E-state index in [0.717, 1.165) is 25.4 Å². The Bertz CT molecular complexity index is 373. The van der Waals surface area contributed by atoms with Crippen molar-refractivity contribution in [1.82, 2.24) is 10.2 Å². The van der Waals surface area contributed by atoms with Crippen molar-refractivity contribution in [3.63, 3.8) is 0 Å². The van der Waals surface area contributed by atoms with E-state index in [2.05, 4.69) is 55.3 Å². The molecule has 1 fully saturated rings. The van der Waals surface area contributed by atoms with Crippen molar-refractivity contribution in [2.24, 2.45) is 5.92 Å². The first-order chi connectivity index (χ1) is 9.20. The Hall–Kier alpha value is -0.280. The molecule has 0 saturated carbocycles. The van der Waals surface area contributed by atoms with Crippen LogP contribution in [0, 0.1) is 5.92 Å². The van der Waals surface area contributed by atoms with Crippen LogP contribution in [0.5, 0.6) is 0 Å². The van der Waals surface area contributed by atoms with E-state index < -0.39 is 0 Å². The maximum atomic E-state index is 3.45. The zero-order valence-corrected chi connectivity index (χ0v) is 15.1. The van der Waals surface area contributed by atoms with E-state index in [9.17, 15) is 0 Å². The number of benzene rings is 1. The van der Waals surface area contributed by atoms with Crippen LogP contribution in [0.1, 0.15) is 44.4 Å². The maximum absolute atomic E-state index is 3.45. The number of rotatable bonds is 5. The highest BCUT2D eigenvalue weighted by atomic mass is 35.5. The molecule has 0 spiro atoms. The van der Waals surface area contributed by atoms with Crippen LogP contribution in [0.3, 0.4) is 0 Å². The molecular weight excluding hydrogens is 303 g/mol. The normalized spacial score (nSPS) is 17.0. The van der Waals surface area contributed by atoms with Crippen molar-refractivity contribution in [2.75, 3.05) is 26.2 Å². The second-order valence-electron chi connectivity index (χ2n) is 6.03. The minimum absolute atomic E-state index is 0. The lowest BCUT2D eigenvalue weighted by Crippen LogP contribution is -2.45. The van der Waals surface area contributed by atoms with Crippen molar-refractivity contribution in [1.29, 1.82) is 0 Å². The van der Waals surface area contributed by atoms with Crippen LogP contribution in [0.2, 0.25) is 0 Å². The van der Waals surface area contributed by atoms with Gasteiger partial charge in [0.15, 0.2) is 0 Å². The molecule has 1 aliphatic heterocycles. The Morgan fingerprint density at radius 1 is 1.05 bits per heavy atom. The van der Waals surface area contributed by atoms with Crippen LogP contribution in [0.4, 0.5) is 0 Å². The van der Waals surface area contributed by atoms with Gasteiger partial charge in [0.2, 0.25) is 0 Å². The first-order valence-corrected chi connectivity index (χ1v) is 7.74. The van der Waals surface area contributed by atoms with Crippen LogP contribution < -0.4 is 5.32 Å². The Morgan fingerprint density at radius 2 is 1.62 bits per heavy atom. The first-order valence-electron chi connectivity index (χ1n) is 7.74. The zero-order valence-electron chi connectivity index (χ0n) is 13.5. The molecule has 0 amide bonds. The summed E-state index contributed by atoms with van der Waals surface area (Å²) < 4.78 is 0. The van der Waals surface area contributed by atoms with Gasteiger partial charge < -0.3 is 5.32 Å². The number of hydrogen-bond acceptors (Lipinski definition) is 2. The number of nitrogens with zero attached hydrogens (tertiary/aromatic N) is 1. The molecule has 1 heterocycles. The molecule has 0 aromatic heterocycles. The molecule has 1 aromatic rings. The van der Waals surface area contributed by atoms with Gasteiger partial charge in [-0.25, -0.2) is 0 Å². The summed E-state index contributed by atoms with van der Waals surface area (Å²) in [6.45, 7) is 11.5. The number of piperazine rings is 1. The Labute approximate surface area is 142 Å². The minimum Gasteiger partial charge on any atom is -0.314 e. The van der Waals surface area contributed by atoms with E-state index in [1.54, 1.807) is 0 Å². The lowest BCUT2D eigenvalue weighted by atomic mass is 9.94. The first kappa shape index (κ1) is 20.7. The van der Waals surface area contributed by atoms with E-state index in [4.69, 9.17) is 0 Å². The summed E-state index contributed by atoms with van der Waals surface area (Å²) >= 11 is 0. The van der Waals surface area contributed by atoms with Gasteiger partial charge in [-0.15, -0.1) is 24.8 Å². The third kappa shape index (κ3) is 6.15. The van der Waals surface area contributed by atoms with Crippen molar-refractivity contribution in [3.8, 4) is 0 Å². The third-order valence-electron chi connectivity index (χ3n) is 4.06. The average molecular weight is 333 g/mol. The Morgan fingerprint density at radius 3 is 2.10 bits per heavy atom. The summed E-state index contributed by atoms with van der Waals surface area (Å²) in [6, 6.07) is 9.87. The van der Waals surface area contributed by atoms with Gasteiger partial charge in [0.1, 0.15) is 0 Å². The Balaban J connectivity index is 0.00000200. The highest BCUT2D eigenvalue weighted by Gasteiger charge is 2.22. The van der Waals surface area contributed by atoms with Gasteiger partial charge in [0.25, 0.3) is 0 Å². The van der Waals surface area contributed by atoms with Crippen molar-refractivity contribution < 1.29 is 0 Å². The molecule has 0 radical (unpaired) electrons. The van der Waals surface area contributed by atoms with Gasteiger partial charge in [-0.1, -0.05) is 45.0 Å². The third-order valence-corrected chi connectivity index (χ3v) is 4.06. The minimum atomic E-state index is 0. The van der Waals surface area contributed by atoms with Crippen molar-refractivity contribution in [2.45, 2.75) is 39.7 Å². The van der Waals surface area contributed by atoms with Gasteiger partial charge in [0.05, 0.1) is 0 Å². The lowest BCUT2D eigenvalue weighted by Gasteiger charge is -2.36. The molecule has 0 unspecified atom stereocenters. The van der Waals surface area contributed by atoms with Gasteiger partial charge in [-0.3, -0.25) is 4.90 Å². The summed E-state index contributed by atoms with van der Waals surface area (Å²) in [7, 11) is 0. The molecule has 2 nitrogen and oxygen atoms in total. The largest absolute Gasteiger partial charge is 0.314 e. The topological polar surface area (TPSA) is 15.3 Å². The van der Waals surface area contributed by atoms with E-state index in [1.165, 1.54) is 30.6 Å². The standard InChI is InChI=1S/C17H28N2.2ClH/c1-4-15-5-7-16(8-6-15)17(13-14(2)3)19-11-9-18-10-12-19;;/h5-8,14,17-18H,4,9-13H2,1-3H3;2*1H/t17-;;/m0../s1. The maximum Gasteiger partial charge on any atom is 0.0351 e. The monoisotopic (exact) mass is 332 g/mol. The number of halogens is 2. The van der Waals surface area contributed by atoms with Crippen molar-refractivity contribution in [3.05, 3.63) is 35.4 Å². The molecule has 1 aliphatic rings. The number of aryl methyl sites for hydroxylation is 1. The lowest BCUT2D eigenvalue weighted by molar-refractivity contribution is 0.154. The van der Waals surface area contributed by atoms with Crippen LogP contribution in [-0.2, 0) is 6.42 Å². The van der Waals surface area contributed by atoms with Crippen LogP contribution in [0.25, 0.3) is 0 Å². The summed E-state index contributed by atoms with van der Waals surface area (Å²) in [5.41, 5.74) is 2.93. The molecule has 1 N–H and O–H groups in total. The molecule has 1 saturated heterocycles. The fourth-order valence-electron chi connectivity index (χ4n) is 2.91. The predicted octanol–water partition coefficient (Wildman–Crippen LogP) is 4.09. The predicted molar refractivity (Wildman–Crippen MR) is 97.0 cm³/mol. The average Bonchev–Trinajstić information content (AvgIpc) is 2.46. The zero-order chi connectivity index (χ0) is 13.7. The fraction of sp³-hybridized carbons (Fsp3) is 0.647. The number of nitrogens with one attached hydrogen (secondary N) is 1. The molecule has 4 heteroatoms. The molecule has 21 heavy (non-hydrogen) atoms. The van der Waals surface area contributed by atoms with Gasteiger partial charge in [-0.2, -0.15) is 0 Å². The van der Waals surface area contributed by atoms with Gasteiger partial charge in [0, 0.05) is 32.2 Å². The molecule has 122 valence electrons. The van der Waals surface area contributed by atoms with E-state index in [1.807, 2.05) is 0 Å². The summed E-state index contributed by atoms with van der Waals surface area (Å²) in [6.07, 6.45) is 2.38. The molecular formula is C17H30Cl2N2. The van der Waals surface area contributed by atoms with E-state index in [0.29, 0.717) is 6.04 Å². The SMILES string of the molecule is CCc1ccc([C@H](CC(C)C)N2CCNCC2)cc1.Cl.Cl. The summed E-state index contributed by atoms with van der Waals surface area (Å²) in [5, 5.41) is 3.45.